The van der Waals surface area contributed by atoms with Crippen LogP contribution in [0.2, 0.25) is 0 Å². The van der Waals surface area contributed by atoms with Crippen molar-refractivity contribution in [3.05, 3.63) is 18.1 Å². The van der Waals surface area contributed by atoms with Crippen molar-refractivity contribution in [3.63, 3.8) is 0 Å². The molecule has 7 heteroatoms. The SMILES string of the molecule is CCCOC1CCCN(c2cnc(C(N)=NO)cn2)C1. The molecular weight excluding hydrogens is 258 g/mol. The van der Waals surface area contributed by atoms with E-state index in [0.29, 0.717) is 5.69 Å². The highest BCUT2D eigenvalue weighted by atomic mass is 16.5. The summed E-state index contributed by atoms with van der Waals surface area (Å²) in [6, 6.07) is 0. The lowest BCUT2D eigenvalue weighted by Gasteiger charge is -2.33. The molecule has 1 fully saturated rings. The van der Waals surface area contributed by atoms with Gasteiger partial charge in [-0.05, 0) is 19.3 Å². The number of piperidine rings is 1. The molecule has 110 valence electrons. The van der Waals surface area contributed by atoms with E-state index in [9.17, 15) is 0 Å². The standard InChI is InChI=1S/C13H21N5O2/c1-2-6-20-10-4-3-5-18(9-10)12-8-15-11(7-16-12)13(14)17-19/h7-8,10,19H,2-6,9H2,1H3,(H2,14,17). The second kappa shape index (κ2) is 7.04. The molecule has 0 aromatic carbocycles. The third kappa shape index (κ3) is 3.57. The molecule has 0 bridgehead atoms. The molecule has 3 N–H and O–H groups in total. The van der Waals surface area contributed by atoms with Crippen molar-refractivity contribution < 1.29 is 9.94 Å². The van der Waals surface area contributed by atoms with Crippen LogP contribution in [0.1, 0.15) is 31.9 Å². The van der Waals surface area contributed by atoms with E-state index in [4.69, 9.17) is 15.7 Å². The van der Waals surface area contributed by atoms with Crippen molar-refractivity contribution in [3.8, 4) is 0 Å². The van der Waals surface area contributed by atoms with Gasteiger partial charge in [0.2, 0.25) is 0 Å². The lowest BCUT2D eigenvalue weighted by atomic mass is 10.1. The minimum Gasteiger partial charge on any atom is -0.409 e. The monoisotopic (exact) mass is 279 g/mol. The number of anilines is 1. The van der Waals surface area contributed by atoms with Crippen molar-refractivity contribution >= 4 is 11.7 Å². The van der Waals surface area contributed by atoms with Gasteiger partial charge >= 0.3 is 0 Å². The number of rotatable bonds is 5. The molecule has 0 radical (unpaired) electrons. The molecule has 1 aliphatic rings. The van der Waals surface area contributed by atoms with Gasteiger partial charge in [0.15, 0.2) is 5.84 Å². The Kier molecular flexibility index (Phi) is 5.11. The zero-order chi connectivity index (χ0) is 14.4. The van der Waals surface area contributed by atoms with Crippen LogP contribution in [0.5, 0.6) is 0 Å². The van der Waals surface area contributed by atoms with Crippen LogP contribution in [0.25, 0.3) is 0 Å². The van der Waals surface area contributed by atoms with Crippen LogP contribution >= 0.6 is 0 Å². The fourth-order valence-corrected chi connectivity index (χ4v) is 2.23. The average Bonchev–Trinajstić information content (AvgIpc) is 2.52. The minimum atomic E-state index is -0.0353. The normalized spacial score (nSPS) is 20.1. The Morgan fingerprint density at radius 3 is 3.05 bits per heavy atom. The summed E-state index contributed by atoms with van der Waals surface area (Å²) >= 11 is 0. The van der Waals surface area contributed by atoms with Crippen LogP contribution < -0.4 is 10.6 Å². The van der Waals surface area contributed by atoms with Crippen molar-refractivity contribution in [2.24, 2.45) is 10.9 Å². The summed E-state index contributed by atoms with van der Waals surface area (Å²) in [5, 5.41) is 11.5. The number of ether oxygens (including phenoxy) is 1. The molecule has 0 spiro atoms. The predicted molar refractivity (Wildman–Crippen MR) is 76.0 cm³/mol. The fourth-order valence-electron chi connectivity index (χ4n) is 2.23. The summed E-state index contributed by atoms with van der Waals surface area (Å²) < 4.78 is 5.80. The molecule has 20 heavy (non-hydrogen) atoms. The third-order valence-corrected chi connectivity index (χ3v) is 3.27. The molecule has 0 aliphatic carbocycles. The highest BCUT2D eigenvalue weighted by Gasteiger charge is 2.21. The Balaban J connectivity index is 2.00. The van der Waals surface area contributed by atoms with E-state index >= 15 is 0 Å². The van der Waals surface area contributed by atoms with E-state index in [1.807, 2.05) is 0 Å². The molecule has 1 atom stereocenters. The number of oxime groups is 1. The van der Waals surface area contributed by atoms with Crippen molar-refractivity contribution in [2.45, 2.75) is 32.3 Å². The lowest BCUT2D eigenvalue weighted by Crippen LogP contribution is -2.40. The smallest absolute Gasteiger partial charge is 0.190 e. The number of amidine groups is 1. The highest BCUT2D eigenvalue weighted by Crippen LogP contribution is 2.19. The Labute approximate surface area is 118 Å². The van der Waals surface area contributed by atoms with Gasteiger partial charge in [-0.2, -0.15) is 0 Å². The van der Waals surface area contributed by atoms with Gasteiger partial charge in [-0.3, -0.25) is 0 Å². The first-order chi connectivity index (χ1) is 9.74. The molecule has 1 aliphatic heterocycles. The number of hydrogen-bond acceptors (Lipinski definition) is 6. The fraction of sp³-hybridized carbons (Fsp3) is 0.615. The first-order valence-corrected chi connectivity index (χ1v) is 6.91. The van der Waals surface area contributed by atoms with E-state index < -0.39 is 0 Å². The van der Waals surface area contributed by atoms with Crippen LogP contribution in [-0.2, 0) is 4.74 Å². The number of aromatic nitrogens is 2. The average molecular weight is 279 g/mol. The van der Waals surface area contributed by atoms with Gasteiger partial charge in [-0.15, -0.1) is 0 Å². The summed E-state index contributed by atoms with van der Waals surface area (Å²) in [6.45, 7) is 4.69. The first kappa shape index (κ1) is 14.5. The number of nitrogens with two attached hydrogens (primary N) is 1. The van der Waals surface area contributed by atoms with E-state index in [2.05, 4.69) is 26.9 Å². The van der Waals surface area contributed by atoms with Gasteiger partial charge in [-0.25, -0.2) is 9.97 Å². The molecule has 0 saturated carbocycles. The molecule has 2 rings (SSSR count). The van der Waals surface area contributed by atoms with Gasteiger partial charge in [0.25, 0.3) is 0 Å². The van der Waals surface area contributed by atoms with Gasteiger partial charge in [0.1, 0.15) is 11.5 Å². The zero-order valence-corrected chi connectivity index (χ0v) is 11.7. The van der Waals surface area contributed by atoms with Gasteiger partial charge < -0.3 is 20.6 Å². The summed E-state index contributed by atoms with van der Waals surface area (Å²) in [4.78, 5) is 10.6. The van der Waals surface area contributed by atoms with Crippen LogP contribution in [0.3, 0.4) is 0 Å². The summed E-state index contributed by atoms with van der Waals surface area (Å²) in [6.07, 6.45) is 6.63. The zero-order valence-electron chi connectivity index (χ0n) is 11.7. The van der Waals surface area contributed by atoms with Crippen molar-refractivity contribution in [2.75, 3.05) is 24.6 Å². The van der Waals surface area contributed by atoms with Crippen LogP contribution in [0.4, 0.5) is 5.82 Å². The number of hydrogen-bond donors (Lipinski definition) is 2. The molecule has 2 heterocycles. The van der Waals surface area contributed by atoms with E-state index in [1.54, 1.807) is 6.20 Å². The summed E-state index contributed by atoms with van der Waals surface area (Å²) in [5.41, 5.74) is 5.83. The van der Waals surface area contributed by atoms with E-state index in [-0.39, 0.29) is 11.9 Å². The lowest BCUT2D eigenvalue weighted by molar-refractivity contribution is 0.0439. The van der Waals surface area contributed by atoms with E-state index in [0.717, 1.165) is 44.8 Å². The minimum absolute atomic E-state index is 0.0353. The molecule has 0 amide bonds. The molecule has 1 saturated heterocycles. The topological polar surface area (TPSA) is 96.9 Å². The summed E-state index contributed by atoms with van der Waals surface area (Å²) in [7, 11) is 0. The molecule has 7 nitrogen and oxygen atoms in total. The molecule has 1 aromatic rings. The van der Waals surface area contributed by atoms with Crippen molar-refractivity contribution in [1.29, 1.82) is 0 Å². The maximum absolute atomic E-state index is 8.59. The Morgan fingerprint density at radius 2 is 2.40 bits per heavy atom. The third-order valence-electron chi connectivity index (χ3n) is 3.27. The number of nitrogens with zero attached hydrogens (tertiary/aromatic N) is 4. The molecule has 1 aromatic heterocycles. The van der Waals surface area contributed by atoms with Gasteiger partial charge in [-0.1, -0.05) is 12.1 Å². The van der Waals surface area contributed by atoms with E-state index in [1.165, 1.54) is 6.20 Å². The quantitative estimate of drug-likeness (QED) is 0.361. The van der Waals surface area contributed by atoms with Gasteiger partial charge in [0, 0.05) is 19.7 Å². The van der Waals surface area contributed by atoms with Crippen LogP contribution in [0.15, 0.2) is 17.5 Å². The van der Waals surface area contributed by atoms with Crippen LogP contribution in [0, 0.1) is 0 Å². The molecular formula is C13H21N5O2. The maximum Gasteiger partial charge on any atom is 0.190 e. The second-order valence-corrected chi connectivity index (χ2v) is 4.83. The highest BCUT2D eigenvalue weighted by molar-refractivity contribution is 5.94. The Morgan fingerprint density at radius 1 is 1.55 bits per heavy atom. The molecule has 1 unspecified atom stereocenters. The predicted octanol–water partition coefficient (Wildman–Crippen LogP) is 0.966. The van der Waals surface area contributed by atoms with Crippen LogP contribution in [-0.4, -0.2) is 46.8 Å². The maximum atomic E-state index is 8.59. The summed E-state index contributed by atoms with van der Waals surface area (Å²) in [5.74, 6) is 0.760. The largest absolute Gasteiger partial charge is 0.409 e. The Bertz CT molecular complexity index is 449. The second-order valence-electron chi connectivity index (χ2n) is 4.83. The van der Waals surface area contributed by atoms with Crippen molar-refractivity contribution in [1.82, 2.24) is 9.97 Å². The first-order valence-electron chi connectivity index (χ1n) is 6.91. The Hall–Kier alpha value is -1.89. The van der Waals surface area contributed by atoms with Gasteiger partial charge in [0.05, 0.1) is 18.5 Å².